The van der Waals surface area contributed by atoms with Crippen LogP contribution in [-0.2, 0) is 6.54 Å². The molecule has 1 amide bonds. The number of nitro benzene ring substituents is 1. The lowest BCUT2D eigenvalue weighted by Crippen LogP contribution is -2.32. The summed E-state index contributed by atoms with van der Waals surface area (Å²) in [6.07, 6.45) is 5.19. The lowest BCUT2D eigenvalue weighted by Gasteiger charge is -2.21. The molecule has 1 fully saturated rings. The number of fused-ring (bicyclic) bond motifs is 1. The Morgan fingerprint density at radius 3 is 2.88 bits per heavy atom. The molecule has 1 N–H and O–H groups in total. The summed E-state index contributed by atoms with van der Waals surface area (Å²) < 4.78 is 5.36. The highest BCUT2D eigenvalue weighted by atomic mass is 16.6. The Morgan fingerprint density at radius 1 is 1.38 bits per heavy atom. The highest BCUT2D eigenvalue weighted by Crippen LogP contribution is 2.32. The number of rotatable bonds is 5. The fraction of sp³-hybridized carbons (Fsp3) is 0.235. The molecule has 1 saturated carbocycles. The van der Waals surface area contributed by atoms with Crippen LogP contribution in [0.5, 0.6) is 0 Å². The van der Waals surface area contributed by atoms with Gasteiger partial charge in [-0.25, -0.2) is 0 Å². The number of non-ortho nitro benzene ring substituents is 1. The number of aromatic nitrogens is 1. The molecular weight excluding hydrogens is 310 g/mol. The van der Waals surface area contributed by atoms with E-state index in [1.165, 1.54) is 12.1 Å². The Morgan fingerprint density at radius 2 is 2.21 bits per heavy atom. The van der Waals surface area contributed by atoms with Gasteiger partial charge >= 0.3 is 0 Å². The molecule has 1 aliphatic rings. The maximum Gasteiger partial charge on any atom is 0.271 e. The van der Waals surface area contributed by atoms with Gasteiger partial charge in [0.15, 0.2) is 0 Å². The Kier molecular flexibility index (Phi) is 3.34. The molecule has 2 heterocycles. The molecule has 0 atom stereocenters. The molecule has 7 nitrogen and oxygen atoms in total. The summed E-state index contributed by atoms with van der Waals surface area (Å²) in [6, 6.07) is 8.36. The highest BCUT2D eigenvalue weighted by molar-refractivity contribution is 6.07. The van der Waals surface area contributed by atoms with E-state index in [2.05, 4.69) is 4.98 Å². The van der Waals surface area contributed by atoms with Crippen LogP contribution in [0.15, 0.2) is 47.2 Å². The first-order valence-corrected chi connectivity index (χ1v) is 7.72. The average molecular weight is 325 g/mol. The van der Waals surface area contributed by atoms with E-state index in [4.69, 9.17) is 4.42 Å². The van der Waals surface area contributed by atoms with Gasteiger partial charge < -0.3 is 14.3 Å². The summed E-state index contributed by atoms with van der Waals surface area (Å²) in [5.41, 5.74) is 1.11. The molecule has 0 aliphatic heterocycles. The van der Waals surface area contributed by atoms with E-state index < -0.39 is 4.92 Å². The second-order valence-electron chi connectivity index (χ2n) is 5.93. The first kappa shape index (κ1) is 14.5. The number of carbonyl (C=O) groups is 1. The standard InChI is InChI=1S/C17H15N3O4/c21-17(19(11-3-4-11)10-13-2-1-7-24-13)15-9-18-16-8-12(20(22)23)5-6-14(15)16/h1-2,5-9,11,18H,3-4,10H2. The van der Waals surface area contributed by atoms with E-state index >= 15 is 0 Å². The van der Waals surface area contributed by atoms with Crippen molar-refractivity contribution >= 4 is 22.5 Å². The topological polar surface area (TPSA) is 92.4 Å². The van der Waals surface area contributed by atoms with Gasteiger partial charge in [0.2, 0.25) is 0 Å². The Bertz CT molecular complexity index is 909. The predicted molar refractivity (Wildman–Crippen MR) is 86.6 cm³/mol. The van der Waals surface area contributed by atoms with Crippen LogP contribution in [0.1, 0.15) is 29.0 Å². The van der Waals surface area contributed by atoms with E-state index in [1.807, 2.05) is 11.0 Å². The van der Waals surface area contributed by atoms with Crippen molar-refractivity contribution in [1.29, 1.82) is 0 Å². The zero-order chi connectivity index (χ0) is 16.7. The summed E-state index contributed by atoms with van der Waals surface area (Å²) >= 11 is 0. The molecule has 1 aromatic carbocycles. The van der Waals surface area contributed by atoms with Gasteiger partial charge in [-0.1, -0.05) is 0 Å². The van der Waals surface area contributed by atoms with Crippen LogP contribution in [0.3, 0.4) is 0 Å². The van der Waals surface area contributed by atoms with Crippen molar-refractivity contribution in [2.24, 2.45) is 0 Å². The third kappa shape index (κ3) is 2.54. The quantitative estimate of drug-likeness (QED) is 0.574. The monoisotopic (exact) mass is 325 g/mol. The van der Waals surface area contributed by atoms with Crippen LogP contribution in [0.4, 0.5) is 5.69 Å². The van der Waals surface area contributed by atoms with Crippen LogP contribution in [0.25, 0.3) is 10.9 Å². The number of H-pyrrole nitrogens is 1. The molecule has 0 bridgehead atoms. The number of nitro groups is 1. The highest BCUT2D eigenvalue weighted by Gasteiger charge is 2.34. The van der Waals surface area contributed by atoms with Gasteiger partial charge in [0.1, 0.15) is 5.76 Å². The van der Waals surface area contributed by atoms with Crippen LogP contribution in [-0.4, -0.2) is 26.8 Å². The average Bonchev–Trinajstić information content (AvgIpc) is 3.12. The third-order valence-electron chi connectivity index (χ3n) is 4.26. The Balaban J connectivity index is 1.67. The summed E-state index contributed by atoms with van der Waals surface area (Å²) in [4.78, 5) is 28.2. The lowest BCUT2D eigenvalue weighted by molar-refractivity contribution is -0.384. The third-order valence-corrected chi connectivity index (χ3v) is 4.26. The smallest absolute Gasteiger partial charge is 0.271 e. The summed E-state index contributed by atoms with van der Waals surface area (Å²) in [5.74, 6) is 0.653. The second-order valence-corrected chi connectivity index (χ2v) is 5.93. The van der Waals surface area contributed by atoms with Crippen molar-refractivity contribution in [1.82, 2.24) is 9.88 Å². The molecule has 7 heteroatoms. The van der Waals surface area contributed by atoms with Crippen molar-refractivity contribution in [2.45, 2.75) is 25.4 Å². The number of amides is 1. The largest absolute Gasteiger partial charge is 0.467 e. The van der Waals surface area contributed by atoms with E-state index in [0.29, 0.717) is 23.0 Å². The number of carbonyl (C=O) groups excluding carboxylic acids is 1. The van der Waals surface area contributed by atoms with Gasteiger partial charge in [-0.05, 0) is 31.0 Å². The molecule has 3 aromatic rings. The van der Waals surface area contributed by atoms with Gasteiger partial charge in [-0.15, -0.1) is 0 Å². The minimum atomic E-state index is -0.449. The van der Waals surface area contributed by atoms with Crippen LogP contribution < -0.4 is 0 Å². The van der Waals surface area contributed by atoms with Gasteiger partial charge in [0.25, 0.3) is 11.6 Å². The number of hydrogen-bond acceptors (Lipinski definition) is 4. The molecule has 0 unspecified atom stereocenters. The number of aromatic amines is 1. The van der Waals surface area contributed by atoms with Crippen LogP contribution in [0, 0.1) is 10.1 Å². The molecule has 0 saturated heterocycles. The minimum absolute atomic E-state index is 0.00187. The van der Waals surface area contributed by atoms with Crippen LogP contribution >= 0.6 is 0 Å². The van der Waals surface area contributed by atoms with Crippen LogP contribution in [0.2, 0.25) is 0 Å². The molecule has 0 spiro atoms. The first-order chi connectivity index (χ1) is 11.6. The zero-order valence-corrected chi connectivity index (χ0v) is 12.8. The fourth-order valence-corrected chi connectivity index (χ4v) is 2.88. The van der Waals surface area contributed by atoms with Crippen molar-refractivity contribution < 1.29 is 14.1 Å². The summed E-state index contributed by atoms with van der Waals surface area (Å²) in [7, 11) is 0. The summed E-state index contributed by atoms with van der Waals surface area (Å²) in [6.45, 7) is 0.427. The number of hydrogen-bond donors (Lipinski definition) is 1. The van der Waals surface area contributed by atoms with Crippen molar-refractivity contribution in [3.8, 4) is 0 Å². The molecule has 1 aliphatic carbocycles. The van der Waals surface area contributed by atoms with E-state index in [-0.39, 0.29) is 17.6 Å². The van der Waals surface area contributed by atoms with Gasteiger partial charge in [-0.3, -0.25) is 14.9 Å². The fourth-order valence-electron chi connectivity index (χ4n) is 2.88. The summed E-state index contributed by atoms with van der Waals surface area (Å²) in [5, 5.41) is 11.6. The first-order valence-electron chi connectivity index (χ1n) is 7.72. The molecular formula is C17H15N3O4. The maximum atomic E-state index is 13.0. The van der Waals surface area contributed by atoms with E-state index in [0.717, 1.165) is 18.6 Å². The van der Waals surface area contributed by atoms with Gasteiger partial charge in [-0.2, -0.15) is 0 Å². The van der Waals surface area contributed by atoms with Gasteiger partial charge in [0.05, 0.1) is 28.8 Å². The Labute approximate surface area is 137 Å². The molecule has 24 heavy (non-hydrogen) atoms. The molecule has 0 radical (unpaired) electrons. The number of benzene rings is 1. The lowest BCUT2D eigenvalue weighted by atomic mass is 10.1. The minimum Gasteiger partial charge on any atom is -0.467 e. The number of nitrogens with one attached hydrogen (secondary N) is 1. The Hall–Kier alpha value is -3.09. The predicted octanol–water partition coefficient (Wildman–Crippen LogP) is 3.47. The SMILES string of the molecule is O=C(c1c[nH]c2cc([N+](=O)[O-])ccc12)N(Cc1ccco1)C1CC1. The normalized spacial score (nSPS) is 14.0. The molecule has 2 aromatic heterocycles. The van der Waals surface area contributed by atoms with Crippen molar-refractivity contribution in [3.05, 3.63) is 64.2 Å². The second kappa shape index (κ2) is 5.52. The van der Waals surface area contributed by atoms with E-state index in [9.17, 15) is 14.9 Å². The zero-order valence-electron chi connectivity index (χ0n) is 12.8. The molecule has 122 valence electrons. The number of furan rings is 1. The number of nitrogens with zero attached hydrogens (tertiary/aromatic N) is 2. The van der Waals surface area contributed by atoms with Crippen molar-refractivity contribution in [2.75, 3.05) is 0 Å². The maximum absolute atomic E-state index is 13.0. The van der Waals surface area contributed by atoms with Crippen molar-refractivity contribution in [3.63, 3.8) is 0 Å². The van der Waals surface area contributed by atoms with Gasteiger partial charge in [0, 0.05) is 29.8 Å². The van der Waals surface area contributed by atoms with E-state index in [1.54, 1.807) is 24.6 Å². The molecule has 4 rings (SSSR count).